The number of rotatable bonds is 3. The molecule has 4 nitrogen and oxygen atoms in total. The van der Waals surface area contributed by atoms with Crippen molar-refractivity contribution in [3.63, 3.8) is 0 Å². The summed E-state index contributed by atoms with van der Waals surface area (Å²) >= 11 is 7.33. The maximum atomic E-state index is 11.8. The number of aromatic amines is 1. The Labute approximate surface area is 102 Å². The maximum Gasteiger partial charge on any atom is 0.270 e. The first-order valence-corrected chi connectivity index (χ1v) is 6.06. The first-order chi connectivity index (χ1) is 7.63. The lowest BCUT2D eigenvalue weighted by Crippen LogP contribution is -2.17. The van der Waals surface area contributed by atoms with Gasteiger partial charge in [-0.05, 0) is 25.1 Å². The summed E-state index contributed by atoms with van der Waals surface area (Å²) < 4.78 is 2.17. The highest BCUT2D eigenvalue weighted by molar-refractivity contribution is 7.19. The Kier molecular flexibility index (Phi) is 3.18. The Bertz CT molecular complexity index is 555. The minimum atomic E-state index is -0.0232. The quantitative estimate of drug-likeness (QED) is 0.877. The molecule has 0 amide bonds. The van der Waals surface area contributed by atoms with E-state index in [-0.39, 0.29) is 5.56 Å². The van der Waals surface area contributed by atoms with Crippen molar-refractivity contribution in [3.05, 3.63) is 32.4 Å². The number of H-pyrrole nitrogens is 1. The number of nitrogens with two attached hydrogens (primary N) is 1. The lowest BCUT2D eigenvalue weighted by atomic mass is 10.1. The molecule has 0 aliphatic rings. The van der Waals surface area contributed by atoms with Gasteiger partial charge in [-0.2, -0.15) is 0 Å². The third-order valence-corrected chi connectivity index (χ3v) is 3.61. The number of hydrogen-bond donors (Lipinski definition) is 2. The van der Waals surface area contributed by atoms with Gasteiger partial charge >= 0.3 is 0 Å². The van der Waals surface area contributed by atoms with Crippen molar-refractivity contribution >= 4 is 22.9 Å². The van der Waals surface area contributed by atoms with Gasteiger partial charge in [-0.3, -0.25) is 14.6 Å². The van der Waals surface area contributed by atoms with Crippen LogP contribution in [0, 0.1) is 0 Å². The van der Waals surface area contributed by atoms with Gasteiger partial charge in [0.2, 0.25) is 0 Å². The molecular weight excluding hydrogens is 246 g/mol. The molecule has 2 aromatic rings. The summed E-state index contributed by atoms with van der Waals surface area (Å²) in [4.78, 5) is 12.8. The zero-order valence-corrected chi connectivity index (χ0v) is 10.4. The number of aromatic nitrogens is 2. The molecule has 6 heteroatoms. The van der Waals surface area contributed by atoms with Crippen LogP contribution in [0.1, 0.15) is 5.56 Å². The first kappa shape index (κ1) is 11.4. The van der Waals surface area contributed by atoms with E-state index in [0.29, 0.717) is 17.3 Å². The Hall–Kier alpha value is -1.04. The van der Waals surface area contributed by atoms with Crippen LogP contribution < -0.4 is 11.3 Å². The molecule has 2 heterocycles. The Morgan fingerprint density at radius 2 is 2.31 bits per heavy atom. The molecule has 2 aromatic heterocycles. The number of nitrogens with zero attached hydrogens (tertiary/aromatic N) is 1. The van der Waals surface area contributed by atoms with Crippen molar-refractivity contribution in [2.45, 2.75) is 6.42 Å². The van der Waals surface area contributed by atoms with Crippen LogP contribution in [0.25, 0.3) is 10.6 Å². The second-order valence-corrected chi connectivity index (χ2v) is 5.19. The summed E-state index contributed by atoms with van der Waals surface area (Å²) in [5, 5.41) is 3.03. The van der Waals surface area contributed by atoms with Gasteiger partial charge in [-0.15, -0.1) is 11.3 Å². The average Bonchev–Trinajstić information content (AvgIpc) is 2.78. The van der Waals surface area contributed by atoms with Crippen molar-refractivity contribution < 1.29 is 0 Å². The minimum absolute atomic E-state index is 0.0232. The molecule has 0 radical (unpaired) electrons. The van der Waals surface area contributed by atoms with E-state index in [1.54, 1.807) is 7.05 Å². The maximum absolute atomic E-state index is 11.8. The summed E-state index contributed by atoms with van der Waals surface area (Å²) in [6.07, 6.45) is 0.570. The van der Waals surface area contributed by atoms with E-state index in [2.05, 4.69) is 5.10 Å². The third kappa shape index (κ3) is 1.93. The zero-order chi connectivity index (χ0) is 11.7. The van der Waals surface area contributed by atoms with Gasteiger partial charge in [0.05, 0.1) is 14.9 Å². The van der Waals surface area contributed by atoms with Crippen LogP contribution in [0.5, 0.6) is 0 Å². The molecule has 0 spiro atoms. The van der Waals surface area contributed by atoms with Gasteiger partial charge in [0.25, 0.3) is 5.56 Å². The van der Waals surface area contributed by atoms with Crippen LogP contribution in [-0.2, 0) is 13.5 Å². The number of halogens is 1. The van der Waals surface area contributed by atoms with Crippen molar-refractivity contribution in [1.82, 2.24) is 9.78 Å². The fourth-order valence-corrected chi connectivity index (χ4v) is 2.69. The SMILES string of the molecule is Cn1[nH]c(-c2ccc(Cl)s2)c(CCN)c1=O. The lowest BCUT2D eigenvalue weighted by molar-refractivity contribution is 0.739. The topological polar surface area (TPSA) is 63.8 Å². The molecule has 0 unspecified atom stereocenters. The second kappa shape index (κ2) is 4.45. The summed E-state index contributed by atoms with van der Waals surface area (Å²) in [6.45, 7) is 0.458. The van der Waals surface area contributed by atoms with E-state index in [9.17, 15) is 4.79 Å². The Morgan fingerprint density at radius 3 is 2.88 bits per heavy atom. The standard InChI is InChI=1S/C10H12ClN3OS/c1-14-10(15)6(4-5-12)9(13-14)7-2-3-8(11)16-7/h2-3,13H,4-5,12H2,1H3. The lowest BCUT2D eigenvalue weighted by Gasteiger charge is -1.96. The first-order valence-electron chi connectivity index (χ1n) is 4.87. The van der Waals surface area contributed by atoms with Crippen LogP contribution in [0.4, 0.5) is 0 Å². The van der Waals surface area contributed by atoms with Crippen molar-refractivity contribution in [2.75, 3.05) is 6.54 Å². The monoisotopic (exact) mass is 257 g/mol. The summed E-state index contributed by atoms with van der Waals surface area (Å²) in [6, 6.07) is 3.72. The molecule has 0 atom stereocenters. The number of thiophene rings is 1. The fraction of sp³-hybridized carbons (Fsp3) is 0.300. The largest absolute Gasteiger partial charge is 0.330 e. The highest BCUT2D eigenvalue weighted by atomic mass is 35.5. The second-order valence-electron chi connectivity index (χ2n) is 3.47. The van der Waals surface area contributed by atoms with Gasteiger partial charge < -0.3 is 5.73 Å². The molecule has 0 bridgehead atoms. The number of aryl methyl sites for hydroxylation is 1. The Morgan fingerprint density at radius 1 is 1.56 bits per heavy atom. The predicted octanol–water partition coefficient (Wildman–Crippen LogP) is 1.60. The van der Waals surface area contributed by atoms with Crippen LogP contribution >= 0.6 is 22.9 Å². The number of hydrogen-bond acceptors (Lipinski definition) is 3. The normalized spacial score (nSPS) is 10.9. The van der Waals surface area contributed by atoms with Gasteiger partial charge in [-0.1, -0.05) is 11.6 Å². The molecular formula is C10H12ClN3OS. The van der Waals surface area contributed by atoms with Crippen molar-refractivity contribution in [3.8, 4) is 10.6 Å². The van der Waals surface area contributed by atoms with E-state index in [4.69, 9.17) is 17.3 Å². The summed E-state index contributed by atoms with van der Waals surface area (Å²) in [5.74, 6) is 0. The molecule has 16 heavy (non-hydrogen) atoms. The van der Waals surface area contributed by atoms with Gasteiger partial charge in [0, 0.05) is 12.6 Å². The van der Waals surface area contributed by atoms with Crippen LogP contribution in [0.2, 0.25) is 4.34 Å². The van der Waals surface area contributed by atoms with Gasteiger partial charge in [0.1, 0.15) is 0 Å². The highest BCUT2D eigenvalue weighted by Gasteiger charge is 2.14. The molecule has 3 N–H and O–H groups in total. The average molecular weight is 258 g/mol. The van der Waals surface area contributed by atoms with Crippen molar-refractivity contribution in [2.24, 2.45) is 12.8 Å². The van der Waals surface area contributed by atoms with E-state index in [1.807, 2.05) is 12.1 Å². The smallest absolute Gasteiger partial charge is 0.270 e. The number of nitrogens with one attached hydrogen (secondary N) is 1. The molecule has 0 saturated carbocycles. The summed E-state index contributed by atoms with van der Waals surface area (Å²) in [7, 11) is 1.70. The van der Waals surface area contributed by atoms with Gasteiger partial charge in [0.15, 0.2) is 0 Å². The zero-order valence-electron chi connectivity index (χ0n) is 8.79. The van der Waals surface area contributed by atoms with Crippen LogP contribution in [0.15, 0.2) is 16.9 Å². The minimum Gasteiger partial charge on any atom is -0.330 e. The fourth-order valence-electron chi connectivity index (χ4n) is 1.62. The third-order valence-electron chi connectivity index (χ3n) is 2.36. The molecule has 0 aliphatic carbocycles. The molecule has 0 aromatic carbocycles. The summed E-state index contributed by atoms with van der Waals surface area (Å²) in [5.41, 5.74) is 7.04. The van der Waals surface area contributed by atoms with Crippen molar-refractivity contribution in [1.29, 1.82) is 0 Å². The molecule has 0 saturated heterocycles. The van der Waals surface area contributed by atoms with E-state index < -0.39 is 0 Å². The Balaban J connectivity index is 2.56. The van der Waals surface area contributed by atoms with E-state index in [0.717, 1.165) is 16.1 Å². The predicted molar refractivity (Wildman–Crippen MR) is 67.1 cm³/mol. The van der Waals surface area contributed by atoms with E-state index >= 15 is 0 Å². The van der Waals surface area contributed by atoms with Gasteiger partial charge in [-0.25, -0.2) is 0 Å². The highest BCUT2D eigenvalue weighted by Crippen LogP contribution is 2.30. The molecule has 2 rings (SSSR count). The molecule has 86 valence electrons. The molecule has 0 fully saturated rings. The van der Waals surface area contributed by atoms with Crippen LogP contribution in [-0.4, -0.2) is 16.3 Å². The molecule has 0 aliphatic heterocycles. The van der Waals surface area contributed by atoms with E-state index in [1.165, 1.54) is 16.0 Å². The van der Waals surface area contributed by atoms with Crippen LogP contribution in [0.3, 0.4) is 0 Å².